The minimum atomic E-state index is -1.01. The van der Waals surface area contributed by atoms with Gasteiger partial charge in [0.15, 0.2) is 0 Å². The van der Waals surface area contributed by atoms with Crippen LogP contribution in [0, 0.1) is 13.8 Å². The van der Waals surface area contributed by atoms with Gasteiger partial charge in [0.25, 0.3) is 0 Å². The molecule has 1 rings (SSSR count). The smallest absolute Gasteiger partial charge is 0.370 e. The van der Waals surface area contributed by atoms with Gasteiger partial charge in [-0.3, -0.25) is 0 Å². The van der Waals surface area contributed by atoms with Gasteiger partial charge in [0.05, 0.1) is 11.3 Å². The molecule has 0 aliphatic rings. The van der Waals surface area contributed by atoms with E-state index in [0.29, 0.717) is 4.73 Å². The number of nitrogens with zero attached hydrogens (tertiary/aromatic N) is 1. The second kappa shape index (κ2) is 3.49. The highest BCUT2D eigenvalue weighted by molar-refractivity contribution is 5.66. The molecule has 0 saturated heterocycles. The minimum absolute atomic E-state index is 0.228. The Labute approximate surface area is 78.7 Å². The van der Waals surface area contributed by atoms with Crippen LogP contribution in [0.2, 0.25) is 0 Å². The van der Waals surface area contributed by atoms with Crippen LogP contribution < -0.4 is 16.2 Å². The fraction of sp³-hybridized carbons (Fsp3) is 0.375. The molecular formula is C8H9NO5. The van der Waals surface area contributed by atoms with E-state index in [2.05, 4.69) is 9.25 Å². The summed E-state index contributed by atoms with van der Waals surface area (Å²) >= 11 is 0. The van der Waals surface area contributed by atoms with E-state index in [0.717, 1.165) is 6.92 Å². The normalized spacial score (nSPS) is 9.93. The summed E-state index contributed by atoms with van der Waals surface area (Å²) in [6.45, 7) is 4.10. The maximum atomic E-state index is 11.1. The summed E-state index contributed by atoms with van der Waals surface area (Å²) in [7, 11) is 0. The van der Waals surface area contributed by atoms with Crippen molar-refractivity contribution in [2.45, 2.75) is 20.8 Å². The lowest BCUT2D eigenvalue weighted by atomic mass is 10.3. The van der Waals surface area contributed by atoms with Crippen molar-refractivity contribution < 1.29 is 14.0 Å². The molecule has 0 aliphatic heterocycles. The Balaban J connectivity index is 3.44. The highest BCUT2D eigenvalue weighted by Gasteiger charge is 2.11. The lowest BCUT2D eigenvalue weighted by Crippen LogP contribution is -2.35. The van der Waals surface area contributed by atoms with Crippen molar-refractivity contribution in [2.75, 3.05) is 0 Å². The molecule has 0 saturated carbocycles. The maximum absolute atomic E-state index is 11.1. The number of hydrogen-bond acceptors (Lipinski definition) is 5. The van der Waals surface area contributed by atoms with Crippen LogP contribution in [0.4, 0.5) is 0 Å². The molecule has 1 aromatic rings. The zero-order chi connectivity index (χ0) is 10.9. The Hall–Kier alpha value is -1.85. The van der Waals surface area contributed by atoms with Crippen LogP contribution in [-0.4, -0.2) is 10.7 Å². The molecule has 14 heavy (non-hydrogen) atoms. The summed E-state index contributed by atoms with van der Waals surface area (Å²) in [5.41, 5.74) is -0.247. The van der Waals surface area contributed by atoms with Gasteiger partial charge in [-0.05, 0) is 13.8 Å². The van der Waals surface area contributed by atoms with Crippen molar-refractivity contribution in [1.82, 2.24) is 4.73 Å². The third-order valence-electron chi connectivity index (χ3n) is 1.72. The molecule has 0 atom stereocenters. The summed E-state index contributed by atoms with van der Waals surface area (Å²) in [6.07, 6.45) is 0. The first-order valence-corrected chi connectivity index (χ1v) is 3.85. The molecule has 0 spiro atoms. The summed E-state index contributed by atoms with van der Waals surface area (Å²) < 4.78 is 4.95. The van der Waals surface area contributed by atoms with Crippen LogP contribution in [0.1, 0.15) is 18.2 Å². The molecule has 0 unspecified atom stereocenters. The number of carbonyl (C=O) groups is 1. The first kappa shape index (κ1) is 10.2. The molecular weight excluding hydrogens is 190 g/mol. The number of rotatable bonds is 1. The molecule has 0 N–H and O–H groups in total. The molecule has 0 bridgehead atoms. The molecule has 0 aliphatic carbocycles. The molecule has 76 valence electrons. The minimum Gasteiger partial charge on any atom is -0.370 e. The second-order valence-corrected chi connectivity index (χ2v) is 2.74. The van der Waals surface area contributed by atoms with Crippen LogP contribution >= 0.6 is 0 Å². The topological polar surface area (TPSA) is 78.5 Å². The average molecular weight is 199 g/mol. The second-order valence-electron chi connectivity index (χ2n) is 2.74. The van der Waals surface area contributed by atoms with E-state index < -0.39 is 17.4 Å². The van der Waals surface area contributed by atoms with Crippen molar-refractivity contribution in [3.05, 3.63) is 32.2 Å². The highest BCUT2D eigenvalue weighted by atomic mass is 16.7. The quantitative estimate of drug-likeness (QED) is 0.603. The van der Waals surface area contributed by atoms with Gasteiger partial charge in [0.1, 0.15) is 0 Å². The van der Waals surface area contributed by atoms with Crippen molar-refractivity contribution >= 4 is 5.97 Å². The number of carbonyl (C=O) groups excluding carboxylic acids is 1. The lowest BCUT2D eigenvalue weighted by molar-refractivity contribution is -0.143. The predicted molar refractivity (Wildman–Crippen MR) is 46.0 cm³/mol. The largest absolute Gasteiger partial charge is 0.455 e. The first-order chi connectivity index (χ1) is 6.43. The Kier molecular flexibility index (Phi) is 2.55. The summed E-state index contributed by atoms with van der Waals surface area (Å²) in [4.78, 5) is 37.2. The van der Waals surface area contributed by atoms with Crippen LogP contribution in [0.3, 0.4) is 0 Å². The molecule has 6 heteroatoms. The Bertz CT molecular complexity index is 481. The summed E-state index contributed by atoms with van der Waals surface area (Å²) in [6, 6.07) is 0. The molecule has 0 amide bonds. The highest BCUT2D eigenvalue weighted by Crippen LogP contribution is 1.95. The van der Waals surface area contributed by atoms with Gasteiger partial charge < -0.3 is 9.25 Å². The van der Waals surface area contributed by atoms with Crippen molar-refractivity contribution in [3.63, 3.8) is 0 Å². The van der Waals surface area contributed by atoms with Crippen molar-refractivity contribution in [1.29, 1.82) is 0 Å². The van der Waals surface area contributed by atoms with Crippen LogP contribution in [-0.2, 0) is 4.79 Å². The van der Waals surface area contributed by atoms with E-state index in [9.17, 15) is 14.4 Å². The van der Waals surface area contributed by atoms with Crippen LogP contribution in [0.5, 0.6) is 0 Å². The standard InChI is InChI=1S/C8H9NO5/c1-4-5(2)9(14-6(3)10)8(12)13-7(4)11/h1-3H3. The van der Waals surface area contributed by atoms with Gasteiger partial charge in [-0.1, -0.05) is 0 Å². The fourth-order valence-corrected chi connectivity index (χ4v) is 0.869. The van der Waals surface area contributed by atoms with E-state index >= 15 is 0 Å². The molecule has 6 nitrogen and oxygen atoms in total. The van der Waals surface area contributed by atoms with Gasteiger partial charge in [-0.15, -0.1) is 4.73 Å². The zero-order valence-electron chi connectivity index (χ0n) is 7.99. The SMILES string of the molecule is CC(=O)On1c(C)c(C)c(=O)oc1=O. The Morgan fingerprint density at radius 3 is 2.43 bits per heavy atom. The van der Waals surface area contributed by atoms with E-state index in [1.54, 1.807) is 0 Å². The molecule has 1 heterocycles. The number of aromatic nitrogens is 1. The van der Waals surface area contributed by atoms with Gasteiger partial charge in [0.2, 0.25) is 0 Å². The van der Waals surface area contributed by atoms with E-state index in [1.165, 1.54) is 13.8 Å². The van der Waals surface area contributed by atoms with E-state index in [4.69, 9.17) is 0 Å². The third kappa shape index (κ3) is 1.73. The fourth-order valence-electron chi connectivity index (χ4n) is 0.869. The molecule has 0 aromatic carbocycles. The average Bonchev–Trinajstić information content (AvgIpc) is 2.09. The van der Waals surface area contributed by atoms with Gasteiger partial charge in [0, 0.05) is 6.92 Å². The van der Waals surface area contributed by atoms with Crippen molar-refractivity contribution in [3.8, 4) is 0 Å². The predicted octanol–water partition coefficient (Wildman–Crippen LogP) is -0.607. The van der Waals surface area contributed by atoms with Gasteiger partial charge >= 0.3 is 17.4 Å². The molecule has 0 radical (unpaired) electrons. The first-order valence-electron chi connectivity index (χ1n) is 3.85. The summed E-state index contributed by atoms with van der Waals surface area (Å²) in [5, 5.41) is 0. The lowest BCUT2D eigenvalue weighted by Gasteiger charge is -2.06. The van der Waals surface area contributed by atoms with E-state index in [1.807, 2.05) is 0 Å². The van der Waals surface area contributed by atoms with E-state index in [-0.39, 0.29) is 11.3 Å². The molecule has 0 fully saturated rings. The number of hydrogen-bond donors (Lipinski definition) is 0. The van der Waals surface area contributed by atoms with Crippen molar-refractivity contribution in [2.24, 2.45) is 0 Å². The molecule has 1 aromatic heterocycles. The zero-order valence-corrected chi connectivity index (χ0v) is 7.99. The van der Waals surface area contributed by atoms with Gasteiger partial charge in [-0.25, -0.2) is 14.4 Å². The van der Waals surface area contributed by atoms with Crippen LogP contribution in [0.15, 0.2) is 14.0 Å². The Morgan fingerprint density at radius 1 is 1.36 bits per heavy atom. The third-order valence-corrected chi connectivity index (χ3v) is 1.72. The van der Waals surface area contributed by atoms with Gasteiger partial charge in [-0.2, -0.15) is 0 Å². The monoisotopic (exact) mass is 199 g/mol. The summed E-state index contributed by atoms with van der Waals surface area (Å²) in [5.74, 6) is -1.67. The Morgan fingerprint density at radius 2 is 1.93 bits per heavy atom. The van der Waals surface area contributed by atoms with Crippen LogP contribution in [0.25, 0.3) is 0 Å². The maximum Gasteiger partial charge on any atom is 0.455 e.